The van der Waals surface area contributed by atoms with Gasteiger partial charge in [-0.15, -0.1) is 0 Å². The standard InChI is InChI=1S/C5H10N2O3.C5H11NO2.C3H7NO3.C2H5NO2/c6-3(5(9)10)1-2-4(7)8;1-3(2)4(6)5(7)8;4-2(1-5)3(6)7;3-1-2(4)5/h3H,1-2,6H2,(H2,7,8)(H,9,10);3-4H,6H2,1-2H3,(H,7,8);2,5H,1,4H2,(H,6,7);1,3H2,(H,4,5)/t3-;4-;2-;/m000./s1. The van der Waals surface area contributed by atoms with Crippen LogP contribution in [-0.2, 0) is 24.0 Å². The molecule has 0 unspecified atom stereocenters. The van der Waals surface area contributed by atoms with Crippen molar-refractivity contribution in [3.8, 4) is 0 Å². The number of carbonyl (C=O) groups is 5. The van der Waals surface area contributed by atoms with Crippen LogP contribution >= 0.6 is 0 Å². The van der Waals surface area contributed by atoms with Crippen molar-refractivity contribution in [1.82, 2.24) is 0 Å². The van der Waals surface area contributed by atoms with E-state index in [1.165, 1.54) is 0 Å². The van der Waals surface area contributed by atoms with E-state index in [-0.39, 0.29) is 25.3 Å². The zero-order valence-corrected chi connectivity index (χ0v) is 16.8. The molecule has 0 aliphatic carbocycles. The van der Waals surface area contributed by atoms with E-state index in [2.05, 4.69) is 5.73 Å². The lowest BCUT2D eigenvalue weighted by Gasteiger charge is -2.07. The van der Waals surface area contributed by atoms with E-state index in [0.717, 1.165) is 0 Å². The van der Waals surface area contributed by atoms with Crippen molar-refractivity contribution in [1.29, 1.82) is 0 Å². The Morgan fingerprint density at radius 2 is 1.17 bits per heavy atom. The number of carbonyl (C=O) groups excluding carboxylic acids is 1. The first kappa shape index (κ1) is 34.6. The highest BCUT2D eigenvalue weighted by atomic mass is 16.4. The van der Waals surface area contributed by atoms with Gasteiger partial charge in [0.15, 0.2) is 0 Å². The summed E-state index contributed by atoms with van der Waals surface area (Å²) in [5.74, 6) is -4.70. The van der Waals surface area contributed by atoms with Gasteiger partial charge in [-0.25, -0.2) is 0 Å². The molecule has 0 fully saturated rings. The summed E-state index contributed by atoms with van der Waals surface area (Å²) in [5.41, 5.74) is 24.3. The molecular weight excluding hydrogens is 410 g/mol. The van der Waals surface area contributed by atoms with Gasteiger partial charge in [0.1, 0.15) is 18.1 Å². The highest BCUT2D eigenvalue weighted by Crippen LogP contribution is 1.96. The van der Waals surface area contributed by atoms with Gasteiger partial charge >= 0.3 is 23.9 Å². The number of primary amides is 1. The first-order valence-corrected chi connectivity index (χ1v) is 8.31. The molecule has 0 bridgehead atoms. The fourth-order valence-corrected chi connectivity index (χ4v) is 0.784. The third-order valence-electron chi connectivity index (χ3n) is 2.71. The molecule has 30 heavy (non-hydrogen) atoms. The van der Waals surface area contributed by atoms with Gasteiger partial charge in [-0.2, -0.15) is 0 Å². The van der Waals surface area contributed by atoms with Crippen LogP contribution in [0.3, 0.4) is 0 Å². The fraction of sp³-hybridized carbons (Fsp3) is 0.667. The van der Waals surface area contributed by atoms with E-state index in [0.29, 0.717) is 0 Å². The summed E-state index contributed by atoms with van der Waals surface area (Å²) in [7, 11) is 0. The third kappa shape index (κ3) is 29.9. The minimum atomic E-state index is -1.18. The van der Waals surface area contributed by atoms with Gasteiger partial charge in [-0.3, -0.25) is 24.0 Å². The number of aliphatic hydroxyl groups excluding tert-OH is 1. The zero-order valence-electron chi connectivity index (χ0n) is 16.8. The normalized spacial score (nSPS) is 12.3. The van der Waals surface area contributed by atoms with E-state index in [9.17, 15) is 24.0 Å². The molecule has 15 heteroatoms. The van der Waals surface area contributed by atoms with Crippen molar-refractivity contribution in [2.45, 2.75) is 44.8 Å². The summed E-state index contributed by atoms with van der Waals surface area (Å²) in [4.78, 5) is 49.0. The number of hydrogen-bond acceptors (Lipinski definition) is 10. The molecule has 1 amide bonds. The maximum Gasteiger partial charge on any atom is 0.322 e. The summed E-state index contributed by atoms with van der Waals surface area (Å²) in [6.45, 7) is 2.77. The van der Waals surface area contributed by atoms with Crippen LogP contribution in [0.2, 0.25) is 0 Å². The van der Waals surface area contributed by atoms with Crippen molar-refractivity contribution in [2.75, 3.05) is 13.2 Å². The Bertz CT molecular complexity index is 530. The maximum absolute atomic E-state index is 10.1. The predicted octanol–water partition coefficient (Wildman–Crippen LogP) is -3.86. The molecule has 3 atom stereocenters. The SMILES string of the molecule is CC(C)[C@H](N)C(=O)O.NC(=O)CC[C@H](N)C(=O)O.NCC(=O)O.N[C@@H](CO)C(=O)O. The lowest BCUT2D eigenvalue weighted by Crippen LogP contribution is -2.34. The molecule has 0 rings (SSSR count). The summed E-state index contributed by atoms with van der Waals surface area (Å²) in [6.07, 6.45) is 0.123. The van der Waals surface area contributed by atoms with Crippen molar-refractivity contribution in [3.63, 3.8) is 0 Å². The van der Waals surface area contributed by atoms with E-state index >= 15 is 0 Å². The van der Waals surface area contributed by atoms with Gasteiger partial charge in [0, 0.05) is 6.42 Å². The predicted molar refractivity (Wildman–Crippen MR) is 104 cm³/mol. The summed E-state index contributed by atoms with van der Waals surface area (Å²) in [5, 5.41) is 39.9. The number of nitrogens with two attached hydrogens (primary N) is 5. The molecule has 15 nitrogen and oxygen atoms in total. The van der Waals surface area contributed by atoms with Crippen molar-refractivity contribution >= 4 is 29.8 Å². The lowest BCUT2D eigenvalue weighted by atomic mass is 10.1. The number of aliphatic carboxylic acids is 4. The van der Waals surface area contributed by atoms with Gasteiger partial charge in [0.2, 0.25) is 5.91 Å². The Labute approximate surface area is 172 Å². The summed E-state index contributed by atoms with van der Waals surface area (Å²) < 4.78 is 0. The molecule has 0 saturated heterocycles. The minimum Gasteiger partial charge on any atom is -0.480 e. The second kappa shape index (κ2) is 20.9. The summed E-state index contributed by atoms with van der Waals surface area (Å²) >= 11 is 0. The molecule has 0 spiro atoms. The Morgan fingerprint density at radius 3 is 1.27 bits per heavy atom. The first-order valence-electron chi connectivity index (χ1n) is 8.31. The number of carboxylic acid groups (broad SMARTS) is 4. The summed E-state index contributed by atoms with van der Waals surface area (Å²) in [6, 6.07) is -2.82. The lowest BCUT2D eigenvalue weighted by molar-refractivity contribution is -0.140. The molecule has 15 N–H and O–H groups in total. The van der Waals surface area contributed by atoms with E-state index in [1.807, 2.05) is 0 Å². The molecule has 0 saturated carbocycles. The van der Waals surface area contributed by atoms with Crippen LogP contribution in [0.4, 0.5) is 0 Å². The Kier molecular flexibility index (Phi) is 24.1. The molecule has 0 aromatic carbocycles. The van der Waals surface area contributed by atoms with E-state index < -0.39 is 54.5 Å². The topological polar surface area (TPSA) is 317 Å². The highest BCUT2D eigenvalue weighted by Gasteiger charge is 2.14. The van der Waals surface area contributed by atoms with Crippen LogP contribution in [-0.4, -0.2) is 86.6 Å². The minimum absolute atomic E-state index is 0.0208. The van der Waals surface area contributed by atoms with Crippen LogP contribution in [0.25, 0.3) is 0 Å². The van der Waals surface area contributed by atoms with Crippen LogP contribution in [0.5, 0.6) is 0 Å². The molecule has 0 aliphatic rings. The first-order chi connectivity index (χ1) is 13.5. The number of rotatable bonds is 9. The van der Waals surface area contributed by atoms with Gasteiger partial charge in [-0.1, -0.05) is 13.8 Å². The number of amides is 1. The molecule has 0 radical (unpaired) electrons. The average Bonchev–Trinajstić information content (AvgIpc) is 2.65. The van der Waals surface area contributed by atoms with Gasteiger partial charge in [0.05, 0.1) is 13.2 Å². The molecule has 0 aliphatic heterocycles. The van der Waals surface area contributed by atoms with Crippen LogP contribution < -0.4 is 28.7 Å². The Balaban J connectivity index is -0.000000155. The number of carboxylic acids is 4. The largest absolute Gasteiger partial charge is 0.480 e. The molecule has 0 aromatic heterocycles. The maximum atomic E-state index is 10.1. The third-order valence-corrected chi connectivity index (χ3v) is 2.71. The Morgan fingerprint density at radius 1 is 0.800 bits per heavy atom. The van der Waals surface area contributed by atoms with E-state index in [4.69, 9.17) is 48.5 Å². The fourth-order valence-electron chi connectivity index (χ4n) is 0.784. The Hall–Kier alpha value is -2.85. The average molecular weight is 443 g/mol. The number of hydrogen-bond donors (Lipinski definition) is 10. The second-order valence-corrected chi connectivity index (χ2v) is 5.78. The monoisotopic (exact) mass is 443 g/mol. The zero-order chi connectivity index (χ0) is 25.0. The van der Waals surface area contributed by atoms with E-state index in [1.54, 1.807) is 13.8 Å². The van der Waals surface area contributed by atoms with Gasteiger partial charge in [-0.05, 0) is 12.3 Å². The van der Waals surface area contributed by atoms with Gasteiger partial charge < -0.3 is 54.2 Å². The molecule has 178 valence electrons. The van der Waals surface area contributed by atoms with Crippen molar-refractivity contribution in [3.05, 3.63) is 0 Å². The number of aliphatic hydroxyl groups is 1. The van der Waals surface area contributed by atoms with Crippen LogP contribution in [0.15, 0.2) is 0 Å². The van der Waals surface area contributed by atoms with Crippen molar-refractivity contribution < 1.29 is 49.5 Å². The van der Waals surface area contributed by atoms with Crippen LogP contribution in [0, 0.1) is 5.92 Å². The van der Waals surface area contributed by atoms with Crippen LogP contribution in [0.1, 0.15) is 26.7 Å². The molecular formula is C15H33N5O10. The second-order valence-electron chi connectivity index (χ2n) is 5.78. The van der Waals surface area contributed by atoms with Crippen molar-refractivity contribution in [2.24, 2.45) is 34.6 Å². The van der Waals surface area contributed by atoms with Gasteiger partial charge in [0.25, 0.3) is 0 Å². The molecule has 0 heterocycles. The quantitative estimate of drug-likeness (QED) is 0.163. The smallest absolute Gasteiger partial charge is 0.322 e. The highest BCUT2D eigenvalue weighted by molar-refractivity contribution is 5.77. The molecule has 0 aromatic rings.